The lowest BCUT2D eigenvalue weighted by Gasteiger charge is -2.15. The van der Waals surface area contributed by atoms with E-state index in [1.807, 2.05) is 0 Å². The summed E-state index contributed by atoms with van der Waals surface area (Å²) in [7, 11) is 0. The molecule has 0 aliphatic carbocycles. The molecule has 0 saturated heterocycles. The first-order valence-corrected chi connectivity index (χ1v) is 11.3. The van der Waals surface area contributed by atoms with Crippen LogP contribution in [0.2, 0.25) is 0 Å². The number of H-pyrrole nitrogens is 1. The van der Waals surface area contributed by atoms with Crippen molar-refractivity contribution in [2.24, 2.45) is 0 Å². The number of phenolic OH excluding ortho intramolecular Hbond substituents is 4. The van der Waals surface area contributed by atoms with Crippen molar-refractivity contribution < 1.29 is 34.4 Å². The quantitative estimate of drug-likeness (QED) is 0.232. The lowest BCUT2D eigenvalue weighted by molar-refractivity contribution is 0.100. The monoisotopic (exact) mass is 491 g/mol. The van der Waals surface area contributed by atoms with E-state index in [9.17, 15) is 34.4 Å². The molecule has 0 aliphatic heterocycles. The van der Waals surface area contributed by atoms with Crippen LogP contribution in [0.4, 0.5) is 4.39 Å². The molecule has 3 aromatic carbocycles. The largest absolute Gasteiger partial charge is 0.507 e. The van der Waals surface area contributed by atoms with Crippen LogP contribution in [0.1, 0.15) is 68.1 Å². The molecule has 0 radical (unpaired) electrons. The van der Waals surface area contributed by atoms with E-state index in [4.69, 9.17) is 0 Å². The number of aromatic amines is 1. The maximum absolute atomic E-state index is 14.2. The predicted octanol–water partition coefficient (Wildman–Crippen LogP) is 5.33. The van der Waals surface area contributed by atoms with Crippen molar-refractivity contribution in [2.45, 2.75) is 40.5 Å². The van der Waals surface area contributed by atoms with E-state index in [1.165, 1.54) is 44.2 Å². The number of hydrogen-bond donors (Lipinski definition) is 5. The van der Waals surface area contributed by atoms with Crippen molar-refractivity contribution in [3.63, 3.8) is 0 Å². The molecule has 0 spiro atoms. The van der Waals surface area contributed by atoms with Gasteiger partial charge in [0, 0.05) is 40.6 Å². The van der Waals surface area contributed by atoms with Crippen LogP contribution < -0.4 is 0 Å². The molecule has 36 heavy (non-hydrogen) atoms. The van der Waals surface area contributed by atoms with Crippen molar-refractivity contribution in [1.82, 2.24) is 4.98 Å². The first-order chi connectivity index (χ1) is 16.9. The van der Waals surface area contributed by atoms with E-state index >= 15 is 0 Å². The van der Waals surface area contributed by atoms with Gasteiger partial charge in [0.25, 0.3) is 0 Å². The third kappa shape index (κ3) is 4.15. The summed E-state index contributed by atoms with van der Waals surface area (Å²) in [5, 5.41) is 43.5. The number of phenols is 4. The Bertz CT molecular complexity index is 1570. The molecule has 0 fully saturated rings. The standard InChI is InChI=1S/C28H26FNO6/c1-12-7-17(14(3)31)27(35)21(25(12)33)10-20-19-9-16(29)5-6-23(19)30-24(20)11-22-26(34)13(2)8-18(15(4)32)28(22)36/h5-9,30,33-36H,10-11H2,1-4H3. The lowest BCUT2D eigenvalue weighted by atomic mass is 9.92. The van der Waals surface area contributed by atoms with Crippen molar-refractivity contribution in [2.75, 3.05) is 0 Å². The molecule has 0 amide bonds. The molecule has 0 saturated carbocycles. The van der Waals surface area contributed by atoms with Crippen LogP contribution >= 0.6 is 0 Å². The Morgan fingerprint density at radius 1 is 0.750 bits per heavy atom. The third-order valence-electron chi connectivity index (χ3n) is 6.54. The molecule has 1 aromatic heterocycles. The number of carbonyl (C=O) groups excluding carboxylic acids is 2. The summed E-state index contributed by atoms with van der Waals surface area (Å²) in [6.45, 7) is 5.82. The predicted molar refractivity (Wildman–Crippen MR) is 133 cm³/mol. The number of carbonyl (C=O) groups is 2. The minimum atomic E-state index is -0.503. The third-order valence-corrected chi connectivity index (χ3v) is 6.54. The summed E-state index contributed by atoms with van der Waals surface area (Å²) in [5.41, 5.74) is 2.60. The number of halogens is 1. The molecule has 5 N–H and O–H groups in total. The van der Waals surface area contributed by atoms with Gasteiger partial charge in [0.1, 0.15) is 28.8 Å². The summed E-state index contributed by atoms with van der Waals surface area (Å²) in [6, 6.07) is 6.92. The molecule has 0 unspecified atom stereocenters. The highest BCUT2D eigenvalue weighted by Crippen LogP contribution is 2.40. The van der Waals surface area contributed by atoms with Crippen LogP contribution in [0.15, 0.2) is 30.3 Å². The van der Waals surface area contributed by atoms with E-state index in [0.29, 0.717) is 33.3 Å². The van der Waals surface area contributed by atoms with Gasteiger partial charge in [0.2, 0.25) is 0 Å². The van der Waals surface area contributed by atoms with Gasteiger partial charge in [-0.15, -0.1) is 0 Å². The molecular weight excluding hydrogens is 465 g/mol. The Balaban J connectivity index is 1.95. The summed E-state index contributed by atoms with van der Waals surface area (Å²) in [6.07, 6.45) is -0.135. The lowest BCUT2D eigenvalue weighted by Crippen LogP contribution is -2.03. The second-order valence-corrected chi connectivity index (χ2v) is 9.07. The first kappa shape index (κ1) is 24.8. The second kappa shape index (κ2) is 9.03. The van der Waals surface area contributed by atoms with E-state index in [1.54, 1.807) is 13.8 Å². The Kier molecular flexibility index (Phi) is 6.22. The highest BCUT2D eigenvalue weighted by atomic mass is 19.1. The average molecular weight is 492 g/mol. The van der Waals surface area contributed by atoms with Gasteiger partial charge in [-0.2, -0.15) is 0 Å². The highest BCUT2D eigenvalue weighted by Gasteiger charge is 2.24. The number of ketones is 2. The minimum absolute atomic E-state index is 0.0490. The molecule has 4 aromatic rings. The minimum Gasteiger partial charge on any atom is -0.507 e. The molecule has 0 atom stereocenters. The molecule has 0 bridgehead atoms. The molecule has 4 rings (SSSR count). The molecule has 7 nitrogen and oxygen atoms in total. The summed E-state index contributed by atoms with van der Waals surface area (Å²) >= 11 is 0. The summed E-state index contributed by atoms with van der Waals surface area (Å²) in [4.78, 5) is 27.3. The molecule has 186 valence electrons. The van der Waals surface area contributed by atoms with E-state index in [0.717, 1.165) is 0 Å². The van der Waals surface area contributed by atoms with Crippen LogP contribution in [0.3, 0.4) is 0 Å². The number of fused-ring (bicyclic) bond motifs is 1. The van der Waals surface area contributed by atoms with Gasteiger partial charge in [-0.25, -0.2) is 4.39 Å². The van der Waals surface area contributed by atoms with Gasteiger partial charge in [0.15, 0.2) is 11.6 Å². The van der Waals surface area contributed by atoms with Crippen molar-refractivity contribution >= 4 is 22.5 Å². The number of nitrogens with one attached hydrogen (secondary N) is 1. The van der Waals surface area contributed by atoms with Crippen LogP contribution in [0.5, 0.6) is 23.0 Å². The maximum Gasteiger partial charge on any atom is 0.163 e. The molecule has 0 aliphatic rings. The van der Waals surface area contributed by atoms with Gasteiger partial charge >= 0.3 is 0 Å². The Morgan fingerprint density at radius 2 is 1.25 bits per heavy atom. The zero-order chi connectivity index (χ0) is 26.5. The van der Waals surface area contributed by atoms with Gasteiger partial charge in [-0.1, -0.05) is 0 Å². The van der Waals surface area contributed by atoms with E-state index < -0.39 is 5.82 Å². The van der Waals surface area contributed by atoms with Crippen molar-refractivity contribution in [1.29, 1.82) is 0 Å². The van der Waals surface area contributed by atoms with E-state index in [-0.39, 0.29) is 69.7 Å². The Hall–Kier alpha value is -4.33. The second-order valence-electron chi connectivity index (χ2n) is 9.07. The Morgan fingerprint density at radius 3 is 1.75 bits per heavy atom. The number of aromatic nitrogens is 1. The van der Waals surface area contributed by atoms with Crippen molar-refractivity contribution in [3.05, 3.63) is 80.8 Å². The van der Waals surface area contributed by atoms with Crippen LogP contribution in [-0.2, 0) is 12.8 Å². The molecule has 1 heterocycles. The zero-order valence-electron chi connectivity index (χ0n) is 20.3. The topological polar surface area (TPSA) is 131 Å². The first-order valence-electron chi connectivity index (χ1n) is 11.3. The smallest absolute Gasteiger partial charge is 0.163 e. The SMILES string of the molecule is CC(=O)c1cc(C)c(O)c(Cc2[nH]c3ccc(F)cc3c2Cc2c(O)c(C)cc(C(C)=O)c2O)c1O. The number of Topliss-reactive ketones (excluding diaryl/α,β-unsaturated/α-hetero) is 2. The maximum atomic E-state index is 14.2. The number of benzene rings is 3. The fourth-order valence-electron chi connectivity index (χ4n) is 4.59. The number of aromatic hydroxyl groups is 4. The summed E-state index contributed by atoms with van der Waals surface area (Å²) in [5.74, 6) is -2.38. The van der Waals surface area contributed by atoms with Crippen LogP contribution in [0.25, 0.3) is 10.9 Å². The fraction of sp³-hybridized carbons (Fsp3) is 0.214. The average Bonchev–Trinajstić information content (AvgIpc) is 3.14. The van der Waals surface area contributed by atoms with Gasteiger partial charge in [0.05, 0.1) is 11.1 Å². The van der Waals surface area contributed by atoms with Crippen LogP contribution in [-0.4, -0.2) is 37.0 Å². The number of hydrogen-bond acceptors (Lipinski definition) is 6. The van der Waals surface area contributed by atoms with E-state index in [2.05, 4.69) is 4.98 Å². The van der Waals surface area contributed by atoms with Gasteiger partial charge in [-0.3, -0.25) is 9.59 Å². The number of rotatable bonds is 6. The molecule has 8 heteroatoms. The molecular formula is C28H26FNO6. The zero-order valence-corrected chi connectivity index (χ0v) is 20.3. The van der Waals surface area contributed by atoms with Gasteiger partial charge in [-0.05, 0) is 74.7 Å². The van der Waals surface area contributed by atoms with Crippen molar-refractivity contribution in [3.8, 4) is 23.0 Å². The van der Waals surface area contributed by atoms with Gasteiger partial charge < -0.3 is 25.4 Å². The highest BCUT2D eigenvalue weighted by molar-refractivity contribution is 5.98. The summed E-state index contributed by atoms with van der Waals surface area (Å²) < 4.78 is 14.2. The number of aryl methyl sites for hydroxylation is 2. The Labute approximate surface area is 206 Å². The van der Waals surface area contributed by atoms with Crippen LogP contribution in [0, 0.1) is 19.7 Å². The fourth-order valence-corrected chi connectivity index (χ4v) is 4.59. The normalized spacial score (nSPS) is 11.2.